The van der Waals surface area contributed by atoms with Crippen LogP contribution in [0.3, 0.4) is 0 Å². The van der Waals surface area contributed by atoms with Gasteiger partial charge in [0.05, 0.1) is 0 Å². The van der Waals surface area contributed by atoms with E-state index in [1.54, 1.807) is 0 Å². The summed E-state index contributed by atoms with van der Waals surface area (Å²) in [7, 11) is -2.23. The smallest absolute Gasteiger partial charge is 0.0468 e. The van der Waals surface area contributed by atoms with Gasteiger partial charge in [0.25, 0.3) is 0 Å². The van der Waals surface area contributed by atoms with Gasteiger partial charge < -0.3 is 4.98 Å². The molecule has 2 nitrogen and oxygen atoms in total. The van der Waals surface area contributed by atoms with Crippen molar-refractivity contribution in [3.8, 4) is 0 Å². The van der Waals surface area contributed by atoms with Gasteiger partial charge in [0.15, 0.2) is 0 Å². The van der Waals surface area contributed by atoms with Crippen molar-refractivity contribution in [2.24, 2.45) is 0 Å². The molecule has 2 aromatic carbocycles. The average molecular weight is 451 g/mol. The molecule has 1 aromatic heterocycles. The zero-order valence-corrected chi connectivity index (χ0v) is 17.0. The first kappa shape index (κ1) is 16.3. The van der Waals surface area contributed by atoms with Crippen molar-refractivity contribution in [3.63, 3.8) is 0 Å². The molecule has 1 fully saturated rings. The molecule has 0 saturated heterocycles. The summed E-state index contributed by atoms with van der Waals surface area (Å²) in [5, 5.41) is 1.27. The van der Waals surface area contributed by atoms with Gasteiger partial charge in [0, 0.05) is 31.0 Å². The second-order valence-corrected chi connectivity index (χ2v) is 11.7. The Morgan fingerprint density at radius 1 is 1.08 bits per heavy atom. The summed E-state index contributed by atoms with van der Waals surface area (Å²) in [5.41, 5.74) is 4.03. The van der Waals surface area contributed by atoms with Crippen LogP contribution < -0.4 is 0 Å². The van der Waals surface area contributed by atoms with Crippen LogP contribution in [0.15, 0.2) is 53.6 Å². The van der Waals surface area contributed by atoms with Crippen LogP contribution in [-0.4, -0.2) is 21.7 Å². The summed E-state index contributed by atoms with van der Waals surface area (Å²) in [6, 6.07) is 15.2. The quantitative estimate of drug-likeness (QED) is 0.432. The van der Waals surface area contributed by atoms with Crippen molar-refractivity contribution >= 4 is 43.4 Å². The van der Waals surface area contributed by atoms with E-state index in [4.69, 9.17) is 0 Å². The van der Waals surface area contributed by atoms with Gasteiger partial charge in [-0.15, -0.1) is 0 Å². The van der Waals surface area contributed by atoms with E-state index < -0.39 is 9.93 Å². The summed E-state index contributed by atoms with van der Waals surface area (Å²) in [6.45, 7) is 0. The summed E-state index contributed by atoms with van der Waals surface area (Å²) in [6.07, 6.45) is 9.50. The van der Waals surface area contributed by atoms with Crippen molar-refractivity contribution in [1.29, 1.82) is 0 Å². The van der Waals surface area contributed by atoms with Gasteiger partial charge in [-0.2, -0.15) is 0 Å². The summed E-state index contributed by atoms with van der Waals surface area (Å²) in [4.78, 5) is 4.38. The molecule has 4 rings (SSSR count). The number of hydrogen-bond acceptors (Lipinski definition) is 1. The van der Waals surface area contributed by atoms with Crippen molar-refractivity contribution in [2.45, 2.75) is 29.6 Å². The second-order valence-electron chi connectivity index (χ2n) is 7.23. The normalized spacial score (nSPS) is 17.6. The highest BCUT2D eigenvalue weighted by atomic mass is 127. The number of nitrogens with one attached hydrogen (secondary N) is 1. The Bertz CT molecular complexity index is 947. The summed E-state index contributed by atoms with van der Waals surface area (Å²) < 4.78 is 13.6. The number of halogens is 1. The number of rotatable bonds is 3. The molecule has 3 aromatic rings. The van der Waals surface area contributed by atoms with E-state index in [9.17, 15) is 4.21 Å². The monoisotopic (exact) mass is 451 g/mol. The Hall–Kier alpha value is -1.14. The minimum atomic E-state index is -2.23. The van der Waals surface area contributed by atoms with Gasteiger partial charge in [0.2, 0.25) is 0 Å². The fraction of sp³-hybridized carbons (Fsp3) is 0.300. The number of fused-ring (bicyclic) bond motifs is 1. The number of hydrogen-bond donors (Lipinski definition) is 2. The molecule has 4 heteroatoms. The van der Waals surface area contributed by atoms with Crippen molar-refractivity contribution in [2.75, 3.05) is 12.5 Å². The summed E-state index contributed by atoms with van der Waals surface area (Å²) in [5.74, 6) is 0. The lowest BCUT2D eigenvalue weighted by Crippen LogP contribution is -2.35. The van der Waals surface area contributed by atoms with Crippen LogP contribution in [0.2, 0.25) is 0 Å². The Balaban J connectivity index is 1.86. The number of aromatic amines is 1. The molecule has 0 amide bonds. The average Bonchev–Trinajstić information content (AvgIpc) is 2.91. The molecule has 0 spiro atoms. The van der Waals surface area contributed by atoms with Crippen LogP contribution in [0.4, 0.5) is 0 Å². The Morgan fingerprint density at radius 2 is 1.79 bits per heavy atom. The lowest BCUT2D eigenvalue weighted by atomic mass is 9.60. The molecule has 0 unspecified atom stereocenters. The highest BCUT2D eigenvalue weighted by Crippen LogP contribution is 2.51. The van der Waals surface area contributed by atoms with Gasteiger partial charge in [-0.1, -0.05) is 34.6 Å². The molecule has 0 atom stereocenters. The maximum atomic E-state index is 12.4. The van der Waals surface area contributed by atoms with Gasteiger partial charge in [-0.3, -0.25) is 4.21 Å². The third-order valence-corrected chi connectivity index (χ3v) is 7.65. The van der Waals surface area contributed by atoms with E-state index in [1.807, 2.05) is 18.6 Å². The molecule has 0 aliphatic heterocycles. The topological polar surface area (TPSA) is 32.9 Å². The molecule has 0 radical (unpaired) electrons. The zero-order chi connectivity index (χ0) is 16.9. The van der Waals surface area contributed by atoms with E-state index in [2.05, 4.69) is 70.2 Å². The first-order chi connectivity index (χ1) is 11.4. The van der Waals surface area contributed by atoms with Crippen molar-refractivity contribution in [1.82, 2.24) is 4.98 Å². The highest BCUT2D eigenvalue weighted by molar-refractivity contribution is 14.1. The first-order valence-electron chi connectivity index (χ1n) is 8.33. The molecule has 0 bridgehead atoms. The van der Waals surface area contributed by atoms with Crippen molar-refractivity contribution < 1.29 is 4.21 Å². The van der Waals surface area contributed by atoms with Crippen molar-refractivity contribution in [3.05, 3.63) is 63.4 Å². The Labute approximate surface area is 157 Å². The SMILES string of the molecule is C[SH](C)(=O)c1ccc2c(C3(c4ccc(I)cc4)CCC3)c[nH]c2c1. The molecule has 126 valence electrons. The van der Waals surface area contributed by atoms with Gasteiger partial charge >= 0.3 is 0 Å². The first-order valence-corrected chi connectivity index (χ1v) is 12.0. The second kappa shape index (κ2) is 5.70. The Morgan fingerprint density at radius 3 is 2.38 bits per heavy atom. The van der Waals surface area contributed by atoms with E-state index in [0.29, 0.717) is 0 Å². The largest absolute Gasteiger partial charge is 0.361 e. The predicted octanol–water partition coefficient (Wildman–Crippen LogP) is 4.88. The van der Waals surface area contributed by atoms with Crippen LogP contribution in [0.5, 0.6) is 0 Å². The summed E-state index contributed by atoms with van der Waals surface area (Å²) >= 11 is 2.36. The van der Waals surface area contributed by atoms with E-state index in [-0.39, 0.29) is 5.41 Å². The predicted molar refractivity (Wildman–Crippen MR) is 112 cm³/mol. The van der Waals surface area contributed by atoms with Crippen LogP contribution in [0, 0.1) is 3.57 Å². The third kappa shape index (κ3) is 2.54. The van der Waals surface area contributed by atoms with E-state index in [0.717, 1.165) is 10.4 Å². The molecule has 1 aliphatic rings. The highest BCUT2D eigenvalue weighted by Gasteiger charge is 2.41. The maximum Gasteiger partial charge on any atom is 0.0468 e. The lowest BCUT2D eigenvalue weighted by Gasteiger charge is -2.42. The molecule has 1 aliphatic carbocycles. The fourth-order valence-corrected chi connectivity index (χ4v) is 5.09. The minimum absolute atomic E-state index is 0.131. The zero-order valence-electron chi connectivity index (χ0n) is 14.0. The molecule has 1 saturated carbocycles. The lowest BCUT2D eigenvalue weighted by molar-refractivity contribution is 0.304. The fourth-order valence-electron chi connectivity index (χ4n) is 3.86. The van der Waals surface area contributed by atoms with E-state index in [1.165, 1.54) is 39.3 Å². The molecule has 1 N–H and O–H groups in total. The van der Waals surface area contributed by atoms with Crippen LogP contribution in [0.25, 0.3) is 10.9 Å². The number of H-pyrrole nitrogens is 1. The third-order valence-electron chi connectivity index (χ3n) is 5.41. The number of benzene rings is 2. The van der Waals surface area contributed by atoms with Crippen LogP contribution in [-0.2, 0) is 15.3 Å². The van der Waals surface area contributed by atoms with Crippen LogP contribution in [0.1, 0.15) is 30.4 Å². The molecule has 1 heterocycles. The molecule has 24 heavy (non-hydrogen) atoms. The standard InChI is InChI=1S/C20H22INOS/c1-24(2,23)16-8-9-17-18(13-22-19(17)12-16)20(10-3-11-20)14-4-6-15(21)7-5-14/h4-9,12-13,22,24H,3,10-11H2,1-2H3. The molecular weight excluding hydrogens is 429 g/mol. The van der Waals surface area contributed by atoms with Crippen LogP contribution >= 0.6 is 22.6 Å². The number of aromatic nitrogens is 1. The Kier molecular flexibility index (Phi) is 3.88. The minimum Gasteiger partial charge on any atom is -0.361 e. The molecular formula is C20H22INOS. The van der Waals surface area contributed by atoms with Gasteiger partial charge in [0.1, 0.15) is 0 Å². The van der Waals surface area contributed by atoms with Gasteiger partial charge in [-0.05, 0) is 83.3 Å². The maximum absolute atomic E-state index is 12.4. The van der Waals surface area contributed by atoms with E-state index >= 15 is 0 Å². The number of thiol groups is 1. The van der Waals surface area contributed by atoms with Gasteiger partial charge in [-0.25, -0.2) is 0 Å².